The van der Waals surface area contributed by atoms with E-state index in [-0.39, 0.29) is 5.91 Å². The molecular weight excluding hydrogens is 578 g/mol. The molecule has 1 amide bonds. The molecule has 3 N–H and O–H groups in total. The topological polar surface area (TPSA) is 163 Å². The summed E-state index contributed by atoms with van der Waals surface area (Å²) in [6.07, 6.45) is 3.40. The summed E-state index contributed by atoms with van der Waals surface area (Å²) < 4.78 is 17.6. The van der Waals surface area contributed by atoms with Crippen LogP contribution in [0.2, 0.25) is 0 Å². The summed E-state index contributed by atoms with van der Waals surface area (Å²) in [7, 11) is 3.14. The summed E-state index contributed by atoms with van der Waals surface area (Å²) in [6, 6.07) is 19.3. The number of hydrogen-bond donors (Lipinski definition) is 3. The number of carboxylic acid groups (broad SMARTS) is 1. The van der Waals surface area contributed by atoms with Gasteiger partial charge in [0.25, 0.3) is 5.91 Å². The molecule has 0 aliphatic rings. The molecule has 0 saturated heterocycles. The van der Waals surface area contributed by atoms with E-state index >= 15 is 0 Å². The molecule has 0 saturated carbocycles. The van der Waals surface area contributed by atoms with Crippen LogP contribution < -0.4 is 20.1 Å². The lowest BCUT2D eigenvalue weighted by molar-refractivity contribution is 0.102. The Morgan fingerprint density at radius 3 is 2.58 bits per heavy atom. The van der Waals surface area contributed by atoms with Gasteiger partial charge in [-0.05, 0) is 48.5 Å². The highest BCUT2D eigenvalue weighted by molar-refractivity contribution is 6.04. The van der Waals surface area contributed by atoms with Gasteiger partial charge >= 0.3 is 6.09 Å². The number of benzene rings is 3. The molecule has 0 atom stereocenters. The lowest BCUT2D eigenvalue weighted by atomic mass is 10.1. The van der Waals surface area contributed by atoms with Crippen LogP contribution in [-0.4, -0.2) is 69.3 Å². The highest BCUT2D eigenvalue weighted by atomic mass is 16.5. The van der Waals surface area contributed by atoms with Crippen molar-refractivity contribution in [3.63, 3.8) is 0 Å². The van der Waals surface area contributed by atoms with Crippen LogP contribution in [0.25, 0.3) is 33.2 Å². The van der Waals surface area contributed by atoms with Crippen molar-refractivity contribution in [3.8, 4) is 22.9 Å². The zero-order chi connectivity index (χ0) is 31.3. The zero-order valence-corrected chi connectivity index (χ0v) is 24.2. The lowest BCUT2D eigenvalue weighted by Crippen LogP contribution is -2.12. The summed E-state index contributed by atoms with van der Waals surface area (Å²) in [5.74, 6) is 1.52. The van der Waals surface area contributed by atoms with Crippen molar-refractivity contribution in [3.05, 3.63) is 90.9 Å². The minimum Gasteiger partial charge on any atom is -0.493 e. The van der Waals surface area contributed by atoms with E-state index in [9.17, 15) is 14.7 Å². The fourth-order valence-corrected chi connectivity index (χ4v) is 4.70. The Hall–Kier alpha value is -6.08. The van der Waals surface area contributed by atoms with Gasteiger partial charge in [0, 0.05) is 53.3 Å². The van der Waals surface area contributed by atoms with E-state index in [4.69, 9.17) is 24.2 Å². The molecule has 3 aromatic carbocycles. The first-order valence-corrected chi connectivity index (χ1v) is 13.7. The van der Waals surface area contributed by atoms with Crippen LogP contribution in [-0.2, 0) is 4.74 Å². The Kier molecular flexibility index (Phi) is 8.16. The zero-order valence-electron chi connectivity index (χ0n) is 24.2. The van der Waals surface area contributed by atoms with Gasteiger partial charge in [0.15, 0.2) is 17.3 Å². The number of fused-ring (bicyclic) bond motifs is 2. The molecule has 0 spiro atoms. The highest BCUT2D eigenvalue weighted by Crippen LogP contribution is 2.37. The molecule has 13 heteroatoms. The molecule has 0 aliphatic carbocycles. The second kappa shape index (κ2) is 12.7. The maximum Gasteiger partial charge on any atom is 0.432 e. The van der Waals surface area contributed by atoms with E-state index in [1.807, 2.05) is 6.07 Å². The molecule has 3 aromatic heterocycles. The number of amides is 1. The van der Waals surface area contributed by atoms with Crippen molar-refractivity contribution >= 4 is 51.0 Å². The monoisotopic (exact) mass is 605 g/mol. The van der Waals surface area contributed by atoms with Crippen molar-refractivity contribution < 1.29 is 28.9 Å². The van der Waals surface area contributed by atoms with Crippen molar-refractivity contribution in [2.45, 2.75) is 0 Å². The van der Waals surface area contributed by atoms with Gasteiger partial charge in [-0.2, -0.15) is 9.78 Å². The molecule has 6 aromatic rings. The second-order valence-corrected chi connectivity index (χ2v) is 9.77. The van der Waals surface area contributed by atoms with E-state index in [0.29, 0.717) is 80.7 Å². The second-order valence-electron chi connectivity index (χ2n) is 9.77. The van der Waals surface area contributed by atoms with Crippen LogP contribution in [0, 0.1) is 0 Å². The third-order valence-corrected chi connectivity index (χ3v) is 6.84. The first-order valence-electron chi connectivity index (χ1n) is 13.7. The fraction of sp³-hybridized carbons (Fsp3) is 0.125. The van der Waals surface area contributed by atoms with Crippen LogP contribution in [0.1, 0.15) is 10.4 Å². The first kappa shape index (κ1) is 29.0. The average Bonchev–Trinajstić information content (AvgIpc) is 3.49. The number of anilines is 3. The summed E-state index contributed by atoms with van der Waals surface area (Å²) in [6.45, 7) is 0.696. The molecule has 0 bridgehead atoms. The van der Waals surface area contributed by atoms with Crippen molar-refractivity contribution in [1.29, 1.82) is 0 Å². The van der Waals surface area contributed by atoms with Gasteiger partial charge in [0.05, 0.1) is 36.5 Å². The van der Waals surface area contributed by atoms with E-state index in [1.165, 1.54) is 12.4 Å². The van der Waals surface area contributed by atoms with Crippen molar-refractivity contribution in [2.75, 3.05) is 38.1 Å². The molecular formula is C32H27N7O6. The fourth-order valence-electron chi connectivity index (χ4n) is 4.70. The van der Waals surface area contributed by atoms with E-state index in [1.54, 1.807) is 81.1 Å². The summed E-state index contributed by atoms with van der Waals surface area (Å²) in [4.78, 5) is 38.0. The largest absolute Gasteiger partial charge is 0.493 e. The predicted molar refractivity (Wildman–Crippen MR) is 168 cm³/mol. The maximum absolute atomic E-state index is 12.8. The number of aromatic nitrogens is 5. The molecule has 6 rings (SSSR count). The number of nitrogens with zero attached hydrogens (tertiary/aromatic N) is 5. The number of carbonyl (C=O) groups excluding carboxylic acids is 1. The minimum absolute atomic E-state index is 0.297. The van der Waals surface area contributed by atoms with Crippen molar-refractivity contribution in [1.82, 2.24) is 24.7 Å². The molecule has 0 aliphatic heterocycles. The number of methoxy groups -OCH3 is 2. The number of hydrogen-bond acceptors (Lipinski definition) is 10. The quantitative estimate of drug-likeness (QED) is 0.167. The van der Waals surface area contributed by atoms with E-state index < -0.39 is 6.09 Å². The van der Waals surface area contributed by atoms with Crippen molar-refractivity contribution in [2.24, 2.45) is 0 Å². The van der Waals surface area contributed by atoms with Crippen LogP contribution in [0.15, 0.2) is 85.3 Å². The van der Waals surface area contributed by atoms with Crippen LogP contribution in [0.3, 0.4) is 0 Å². The number of nitrogens with one attached hydrogen (secondary N) is 2. The van der Waals surface area contributed by atoms with Gasteiger partial charge in [-0.3, -0.25) is 9.78 Å². The molecule has 0 fully saturated rings. The van der Waals surface area contributed by atoms with Gasteiger partial charge in [-0.25, -0.2) is 14.8 Å². The smallest absolute Gasteiger partial charge is 0.432 e. The Labute approximate surface area is 256 Å². The molecule has 0 unspecified atom stereocenters. The summed E-state index contributed by atoms with van der Waals surface area (Å²) in [5.41, 5.74) is 3.31. The van der Waals surface area contributed by atoms with Gasteiger partial charge < -0.3 is 30.0 Å². The Balaban J connectivity index is 1.42. The van der Waals surface area contributed by atoms with Crippen LogP contribution in [0.4, 0.5) is 22.0 Å². The molecule has 13 nitrogen and oxygen atoms in total. The van der Waals surface area contributed by atoms with Crippen LogP contribution >= 0.6 is 0 Å². The predicted octanol–water partition coefficient (Wildman–Crippen LogP) is 5.60. The molecule has 3 heterocycles. The van der Waals surface area contributed by atoms with Gasteiger partial charge in [-0.15, -0.1) is 0 Å². The summed E-state index contributed by atoms with van der Waals surface area (Å²) >= 11 is 0. The Morgan fingerprint density at radius 2 is 1.80 bits per heavy atom. The first-order chi connectivity index (χ1) is 21.9. The Bertz CT molecular complexity index is 2030. The normalized spacial score (nSPS) is 11.0. The number of rotatable bonds is 10. The third kappa shape index (κ3) is 6.19. The number of pyridine rings is 1. The highest BCUT2D eigenvalue weighted by Gasteiger charge is 2.17. The maximum atomic E-state index is 12.8. The molecule has 45 heavy (non-hydrogen) atoms. The number of carbonyl (C=O) groups is 2. The minimum atomic E-state index is -1.18. The van der Waals surface area contributed by atoms with Gasteiger partial charge in [-0.1, -0.05) is 12.1 Å². The van der Waals surface area contributed by atoms with E-state index in [0.717, 1.165) is 4.68 Å². The van der Waals surface area contributed by atoms with Gasteiger partial charge in [0.2, 0.25) is 0 Å². The molecule has 0 radical (unpaired) electrons. The SMILES string of the molecule is COCCOc1cc2c(Nc3ccc4c(cnn4C(=O)O)c3)nc(-c3cccc(NC(=O)c4cccnc4)c3)nc2cc1OC. The lowest BCUT2D eigenvalue weighted by Gasteiger charge is -2.15. The van der Waals surface area contributed by atoms with Crippen LogP contribution in [0.5, 0.6) is 11.5 Å². The number of ether oxygens (including phenoxy) is 3. The third-order valence-electron chi connectivity index (χ3n) is 6.84. The Morgan fingerprint density at radius 1 is 0.911 bits per heavy atom. The van der Waals surface area contributed by atoms with E-state index in [2.05, 4.69) is 20.7 Å². The summed E-state index contributed by atoms with van der Waals surface area (Å²) in [5, 5.41) is 20.9. The average molecular weight is 606 g/mol. The molecule has 226 valence electrons. The van der Waals surface area contributed by atoms with Gasteiger partial charge in [0.1, 0.15) is 12.4 Å². The standard InChI is InChI=1S/C32H27N7O6/c1-43-11-12-45-28-15-24-25(16-27(28)44-2)37-29(19-5-3-7-22(13-19)36-31(40)20-6-4-10-33-17-20)38-30(24)35-23-8-9-26-21(14-23)18-34-39(26)32(41)42/h3-10,13-18H,11-12H2,1-2H3,(H,36,40)(H,41,42)(H,35,37,38).